The smallest absolute Gasteiger partial charge is 0.348 e. The van der Waals surface area contributed by atoms with Crippen LogP contribution in [0, 0.1) is 11.8 Å². The fourth-order valence-corrected chi connectivity index (χ4v) is 5.58. The number of para-hydroxylation sites is 1. The summed E-state index contributed by atoms with van der Waals surface area (Å²) in [5, 5.41) is 2.97. The Labute approximate surface area is 174 Å². The van der Waals surface area contributed by atoms with E-state index in [1.54, 1.807) is 0 Å². The molecule has 5 atom stereocenters. The first-order valence-corrected chi connectivity index (χ1v) is 11.1. The molecular formula is C24H24N2O2S. The fraction of sp³-hybridized carbons (Fsp3) is 0.333. The minimum atomic E-state index is -0.314. The molecule has 3 aliphatic rings. The maximum atomic E-state index is 12.9. The zero-order valence-electron chi connectivity index (χ0n) is 16.2. The third-order valence-electron chi connectivity index (χ3n) is 6.45. The summed E-state index contributed by atoms with van der Waals surface area (Å²) in [7, 11) is 0. The van der Waals surface area contributed by atoms with Crippen molar-refractivity contribution in [2.75, 3.05) is 13.1 Å². The molecular weight excluding hydrogens is 380 g/mol. The van der Waals surface area contributed by atoms with Crippen molar-refractivity contribution in [1.82, 2.24) is 9.88 Å². The van der Waals surface area contributed by atoms with Crippen LogP contribution in [0.15, 0.2) is 66.7 Å². The largest absolute Gasteiger partial charge is 0.452 e. The van der Waals surface area contributed by atoms with Gasteiger partial charge in [-0.05, 0) is 54.8 Å². The van der Waals surface area contributed by atoms with Crippen molar-refractivity contribution >= 4 is 28.2 Å². The van der Waals surface area contributed by atoms with Crippen LogP contribution < -0.4 is 0 Å². The topological polar surface area (TPSA) is 42.4 Å². The third kappa shape index (κ3) is 3.38. The van der Waals surface area contributed by atoms with Gasteiger partial charge in [0.1, 0.15) is 11.0 Å². The summed E-state index contributed by atoms with van der Waals surface area (Å²) in [5.41, 5.74) is 1.98. The molecule has 4 nitrogen and oxygen atoms in total. The number of fused-ring (bicyclic) bond motifs is 4. The molecule has 0 amide bonds. The van der Waals surface area contributed by atoms with Gasteiger partial charge in [0.2, 0.25) is 0 Å². The van der Waals surface area contributed by atoms with Gasteiger partial charge in [0.15, 0.2) is 0 Å². The van der Waals surface area contributed by atoms with Gasteiger partial charge in [-0.3, -0.25) is 9.88 Å². The van der Waals surface area contributed by atoms with E-state index in [9.17, 15) is 4.79 Å². The number of benzene rings is 1. The van der Waals surface area contributed by atoms with Gasteiger partial charge in [0.05, 0.1) is 11.6 Å². The van der Waals surface area contributed by atoms with E-state index in [0.29, 0.717) is 16.7 Å². The van der Waals surface area contributed by atoms with E-state index in [2.05, 4.69) is 28.6 Å². The van der Waals surface area contributed by atoms with Crippen LogP contribution in [0.1, 0.15) is 34.2 Å². The average Bonchev–Trinajstić information content (AvgIpc) is 3.32. The van der Waals surface area contributed by atoms with E-state index in [4.69, 9.17) is 4.74 Å². The van der Waals surface area contributed by atoms with Gasteiger partial charge in [0.25, 0.3) is 0 Å². The number of esters is 1. The lowest BCUT2D eigenvalue weighted by Gasteiger charge is -2.51. The van der Waals surface area contributed by atoms with E-state index >= 15 is 0 Å². The summed E-state index contributed by atoms with van der Waals surface area (Å²) in [6.07, 6.45) is 5.82. The molecule has 5 heterocycles. The lowest BCUT2D eigenvalue weighted by atomic mass is 9.73. The summed E-state index contributed by atoms with van der Waals surface area (Å²) >= 11 is 1.42. The van der Waals surface area contributed by atoms with E-state index < -0.39 is 0 Å². The highest BCUT2D eigenvalue weighted by Crippen LogP contribution is 2.43. The highest BCUT2D eigenvalue weighted by atomic mass is 32.1. The molecule has 0 N–H and O–H groups in total. The summed E-state index contributed by atoms with van der Waals surface area (Å²) in [6, 6.07) is 14.0. The van der Waals surface area contributed by atoms with E-state index in [-0.39, 0.29) is 18.1 Å². The van der Waals surface area contributed by atoms with Gasteiger partial charge >= 0.3 is 5.97 Å². The maximum absolute atomic E-state index is 12.9. The van der Waals surface area contributed by atoms with Crippen LogP contribution >= 0.6 is 11.3 Å². The van der Waals surface area contributed by atoms with Crippen molar-refractivity contribution in [2.45, 2.75) is 25.0 Å². The molecule has 0 radical (unpaired) electrons. The molecule has 3 saturated heterocycles. The Kier molecular flexibility index (Phi) is 4.94. The number of pyridine rings is 1. The Bertz CT molecular complexity index is 1030. The lowest BCUT2D eigenvalue weighted by Crippen LogP contribution is -2.55. The minimum absolute atomic E-state index is 0.180. The first-order valence-electron chi connectivity index (χ1n) is 10.2. The Morgan fingerprint density at radius 1 is 1.28 bits per heavy atom. The molecule has 0 spiro atoms. The number of hydrogen-bond acceptors (Lipinski definition) is 5. The molecule has 0 saturated carbocycles. The number of carbonyl (C=O) groups is 1. The quantitative estimate of drug-likeness (QED) is 0.439. The summed E-state index contributed by atoms with van der Waals surface area (Å²) in [5.74, 6) is 0.898. The molecule has 29 heavy (non-hydrogen) atoms. The SMILES string of the molecule is C=C[C@H]1CN2CC[C@@H]1C[C@@H]2[C@@H](OC(=O)c1cccs1)c1ccnc2ccccc12. The Hall–Kier alpha value is -2.50. The van der Waals surface area contributed by atoms with Crippen LogP contribution in [0.2, 0.25) is 0 Å². The number of hydrogen-bond donors (Lipinski definition) is 0. The van der Waals surface area contributed by atoms with Crippen LogP contribution in [-0.4, -0.2) is 35.0 Å². The average molecular weight is 405 g/mol. The predicted octanol–water partition coefficient (Wildman–Crippen LogP) is 5.09. The van der Waals surface area contributed by atoms with Gasteiger partial charge in [-0.25, -0.2) is 4.79 Å². The van der Waals surface area contributed by atoms with Crippen molar-refractivity contribution < 1.29 is 9.53 Å². The van der Waals surface area contributed by atoms with Crippen molar-refractivity contribution in [3.05, 3.63) is 77.1 Å². The maximum Gasteiger partial charge on any atom is 0.348 e. The molecule has 1 aromatic carbocycles. The molecule has 3 aliphatic heterocycles. The number of aromatic nitrogens is 1. The van der Waals surface area contributed by atoms with E-state index in [1.807, 2.05) is 48.0 Å². The third-order valence-corrected chi connectivity index (χ3v) is 7.30. The zero-order valence-corrected chi connectivity index (χ0v) is 17.1. The number of thiophene rings is 1. The van der Waals surface area contributed by atoms with Crippen LogP contribution in [-0.2, 0) is 4.74 Å². The second-order valence-electron chi connectivity index (χ2n) is 7.97. The predicted molar refractivity (Wildman–Crippen MR) is 116 cm³/mol. The standard InChI is InChI=1S/C24H24N2O2S/c1-2-16-15-26-12-10-17(16)14-21(26)23(28-24(27)22-8-5-13-29-22)19-9-11-25-20-7-4-3-6-18(19)20/h2-9,11,13,16-17,21,23H,1,10,12,14-15H2/t16-,17+,21+,23-/m0/s1. The van der Waals surface area contributed by atoms with Gasteiger partial charge in [-0.15, -0.1) is 17.9 Å². The monoisotopic (exact) mass is 404 g/mol. The molecule has 1 unspecified atom stereocenters. The highest BCUT2D eigenvalue weighted by Gasteiger charge is 2.44. The molecule has 6 rings (SSSR count). The Morgan fingerprint density at radius 2 is 2.17 bits per heavy atom. The summed E-state index contributed by atoms with van der Waals surface area (Å²) in [6.45, 7) is 6.08. The molecule has 2 bridgehead atoms. The number of piperidine rings is 3. The van der Waals surface area contributed by atoms with Crippen molar-refractivity contribution in [1.29, 1.82) is 0 Å². The number of rotatable bonds is 5. The van der Waals surface area contributed by atoms with Gasteiger partial charge in [-0.1, -0.05) is 30.3 Å². The van der Waals surface area contributed by atoms with Crippen LogP contribution in [0.25, 0.3) is 10.9 Å². The molecule has 3 aromatic rings. The van der Waals surface area contributed by atoms with Crippen LogP contribution in [0.4, 0.5) is 0 Å². The first-order chi connectivity index (χ1) is 14.2. The summed E-state index contributed by atoms with van der Waals surface area (Å²) < 4.78 is 6.23. The van der Waals surface area contributed by atoms with E-state index in [1.165, 1.54) is 17.8 Å². The van der Waals surface area contributed by atoms with E-state index in [0.717, 1.165) is 36.0 Å². The van der Waals surface area contributed by atoms with Crippen LogP contribution in [0.5, 0.6) is 0 Å². The highest BCUT2D eigenvalue weighted by molar-refractivity contribution is 7.11. The number of ether oxygens (including phenoxy) is 1. The first kappa shape index (κ1) is 18.5. The molecule has 3 fully saturated rings. The van der Waals surface area contributed by atoms with Crippen molar-refractivity contribution in [3.8, 4) is 0 Å². The number of carbonyl (C=O) groups excluding carboxylic acids is 1. The Balaban J connectivity index is 1.55. The minimum Gasteiger partial charge on any atom is -0.452 e. The Morgan fingerprint density at radius 3 is 2.93 bits per heavy atom. The van der Waals surface area contributed by atoms with Gasteiger partial charge in [-0.2, -0.15) is 0 Å². The van der Waals surface area contributed by atoms with Crippen molar-refractivity contribution in [2.24, 2.45) is 11.8 Å². The summed E-state index contributed by atoms with van der Waals surface area (Å²) in [4.78, 5) is 20.6. The second kappa shape index (κ2) is 7.73. The normalized spacial score (nSPS) is 26.9. The zero-order chi connectivity index (χ0) is 19.8. The second-order valence-corrected chi connectivity index (χ2v) is 8.91. The molecule has 5 heteroatoms. The molecule has 148 valence electrons. The number of nitrogens with zero attached hydrogens (tertiary/aromatic N) is 2. The fourth-order valence-electron chi connectivity index (χ4n) is 4.98. The van der Waals surface area contributed by atoms with Crippen molar-refractivity contribution in [3.63, 3.8) is 0 Å². The lowest BCUT2D eigenvalue weighted by molar-refractivity contribution is -0.0566. The van der Waals surface area contributed by atoms with Gasteiger partial charge in [0, 0.05) is 23.7 Å². The molecule has 2 aromatic heterocycles. The van der Waals surface area contributed by atoms with Crippen LogP contribution in [0.3, 0.4) is 0 Å². The van der Waals surface area contributed by atoms with Gasteiger partial charge < -0.3 is 4.74 Å². The molecule has 0 aliphatic carbocycles.